The van der Waals surface area contributed by atoms with Gasteiger partial charge in [-0.1, -0.05) is 0 Å². The van der Waals surface area contributed by atoms with E-state index in [-0.39, 0.29) is 23.7 Å². The van der Waals surface area contributed by atoms with Crippen LogP contribution in [0.2, 0.25) is 0 Å². The summed E-state index contributed by atoms with van der Waals surface area (Å²) in [5.41, 5.74) is 6.93. The second-order valence-corrected chi connectivity index (χ2v) is 5.78. The molecule has 1 saturated heterocycles. The van der Waals surface area contributed by atoms with Crippen LogP contribution in [-0.2, 0) is 9.59 Å². The molecular formula is C13H13BrN2O2. The number of halogens is 1. The van der Waals surface area contributed by atoms with Gasteiger partial charge in [0.05, 0.1) is 5.69 Å². The van der Waals surface area contributed by atoms with Crippen LogP contribution < -0.4 is 10.6 Å². The molecule has 2 atom stereocenters. The highest BCUT2D eigenvalue weighted by molar-refractivity contribution is 9.10. The minimum absolute atomic E-state index is 0.0176. The third-order valence-electron chi connectivity index (χ3n) is 3.81. The summed E-state index contributed by atoms with van der Waals surface area (Å²) < 4.78 is 0.707. The fourth-order valence-electron chi connectivity index (χ4n) is 2.81. The molecule has 2 fully saturated rings. The molecule has 1 aliphatic carbocycles. The molecule has 2 bridgehead atoms. The van der Waals surface area contributed by atoms with Crippen LogP contribution in [-0.4, -0.2) is 11.8 Å². The Balaban J connectivity index is 2.02. The second-order valence-electron chi connectivity index (χ2n) is 4.92. The molecule has 1 aromatic rings. The van der Waals surface area contributed by atoms with Crippen molar-refractivity contribution in [1.29, 1.82) is 0 Å². The molecule has 2 amide bonds. The Morgan fingerprint density at radius 3 is 2.33 bits per heavy atom. The Morgan fingerprint density at radius 1 is 1.17 bits per heavy atom. The molecule has 2 N–H and O–H groups in total. The van der Waals surface area contributed by atoms with Gasteiger partial charge in [0, 0.05) is 22.0 Å². The van der Waals surface area contributed by atoms with Gasteiger partial charge in [0.2, 0.25) is 11.8 Å². The molecule has 1 aromatic carbocycles. The summed E-state index contributed by atoms with van der Waals surface area (Å²) in [4.78, 5) is 25.8. The van der Waals surface area contributed by atoms with E-state index in [0.717, 1.165) is 19.3 Å². The molecule has 0 radical (unpaired) electrons. The van der Waals surface area contributed by atoms with Gasteiger partial charge in [-0.25, -0.2) is 0 Å². The number of imide groups is 1. The molecule has 1 aliphatic heterocycles. The first-order valence-corrected chi connectivity index (χ1v) is 6.80. The van der Waals surface area contributed by atoms with E-state index in [1.807, 2.05) is 0 Å². The van der Waals surface area contributed by atoms with Gasteiger partial charge in [-0.3, -0.25) is 14.5 Å². The lowest BCUT2D eigenvalue weighted by atomic mass is 9.96. The normalized spacial score (nSPS) is 26.8. The average Bonchev–Trinajstić information content (AvgIpc) is 2.78. The Bertz CT molecular complexity index is 522. The van der Waals surface area contributed by atoms with Crippen LogP contribution in [0.15, 0.2) is 22.7 Å². The first kappa shape index (κ1) is 11.7. The lowest BCUT2D eigenvalue weighted by Crippen LogP contribution is -2.46. The highest BCUT2D eigenvalue weighted by Gasteiger charge is 2.45. The monoisotopic (exact) mass is 308 g/mol. The number of amides is 2. The summed E-state index contributed by atoms with van der Waals surface area (Å²) in [5, 5.41) is 0. The molecule has 3 rings (SSSR count). The van der Waals surface area contributed by atoms with Crippen molar-refractivity contribution in [3.8, 4) is 0 Å². The summed E-state index contributed by atoms with van der Waals surface area (Å²) in [6.45, 7) is 0. The topological polar surface area (TPSA) is 63.4 Å². The maximum atomic E-state index is 12.2. The van der Waals surface area contributed by atoms with Gasteiger partial charge in [0.1, 0.15) is 0 Å². The fraction of sp³-hybridized carbons (Fsp3) is 0.385. The largest absolute Gasteiger partial charge is 0.398 e. The zero-order valence-corrected chi connectivity index (χ0v) is 11.3. The molecule has 0 aromatic heterocycles. The lowest BCUT2D eigenvalue weighted by molar-refractivity contribution is -0.132. The number of carbonyl (C=O) groups excluding carboxylic acids is 2. The Morgan fingerprint density at radius 2 is 1.78 bits per heavy atom. The van der Waals surface area contributed by atoms with Crippen molar-refractivity contribution in [3.63, 3.8) is 0 Å². The number of hydrogen-bond acceptors (Lipinski definition) is 3. The minimum Gasteiger partial charge on any atom is -0.398 e. The van der Waals surface area contributed by atoms with Crippen molar-refractivity contribution in [3.05, 3.63) is 22.7 Å². The number of rotatable bonds is 1. The van der Waals surface area contributed by atoms with Crippen LogP contribution in [0.4, 0.5) is 11.4 Å². The van der Waals surface area contributed by atoms with E-state index in [1.165, 1.54) is 4.90 Å². The van der Waals surface area contributed by atoms with E-state index in [9.17, 15) is 9.59 Å². The number of fused-ring (bicyclic) bond motifs is 2. The highest BCUT2D eigenvalue weighted by Crippen LogP contribution is 2.40. The molecule has 2 unspecified atom stereocenters. The molecule has 0 spiro atoms. The van der Waals surface area contributed by atoms with Crippen molar-refractivity contribution < 1.29 is 9.59 Å². The van der Waals surface area contributed by atoms with Crippen LogP contribution in [0.1, 0.15) is 19.3 Å². The first-order chi connectivity index (χ1) is 8.58. The number of carbonyl (C=O) groups is 2. The van der Waals surface area contributed by atoms with Gasteiger partial charge in [-0.2, -0.15) is 0 Å². The van der Waals surface area contributed by atoms with Gasteiger partial charge in [-0.15, -0.1) is 0 Å². The maximum Gasteiger partial charge on any atom is 0.236 e. The van der Waals surface area contributed by atoms with E-state index in [0.29, 0.717) is 15.8 Å². The Kier molecular flexibility index (Phi) is 2.66. The van der Waals surface area contributed by atoms with Crippen LogP contribution >= 0.6 is 15.9 Å². The molecule has 1 heterocycles. The summed E-state index contributed by atoms with van der Waals surface area (Å²) >= 11 is 3.32. The SMILES string of the molecule is Nc1ccc(N2C(=O)C3CCC(C3)C2=O)cc1Br. The van der Waals surface area contributed by atoms with Gasteiger partial charge in [0.25, 0.3) is 0 Å². The summed E-state index contributed by atoms with van der Waals surface area (Å²) in [7, 11) is 0. The van der Waals surface area contributed by atoms with Gasteiger partial charge in [0.15, 0.2) is 0 Å². The number of anilines is 2. The van der Waals surface area contributed by atoms with Gasteiger partial charge < -0.3 is 5.73 Å². The maximum absolute atomic E-state index is 12.2. The molecule has 4 nitrogen and oxygen atoms in total. The predicted octanol–water partition coefficient (Wildman–Crippen LogP) is 2.32. The molecule has 1 saturated carbocycles. The van der Waals surface area contributed by atoms with E-state index >= 15 is 0 Å². The zero-order valence-electron chi connectivity index (χ0n) is 9.73. The van der Waals surface area contributed by atoms with E-state index in [4.69, 9.17) is 5.73 Å². The zero-order chi connectivity index (χ0) is 12.9. The first-order valence-electron chi connectivity index (χ1n) is 6.01. The molecular weight excluding hydrogens is 296 g/mol. The third-order valence-corrected chi connectivity index (χ3v) is 4.50. The smallest absolute Gasteiger partial charge is 0.236 e. The number of nitrogen functional groups attached to an aromatic ring is 1. The Labute approximate surface area is 113 Å². The fourth-order valence-corrected chi connectivity index (χ4v) is 3.18. The molecule has 5 heteroatoms. The van der Waals surface area contributed by atoms with E-state index in [1.54, 1.807) is 18.2 Å². The molecule has 94 valence electrons. The number of hydrogen-bond donors (Lipinski definition) is 1. The predicted molar refractivity (Wildman–Crippen MR) is 71.9 cm³/mol. The van der Waals surface area contributed by atoms with Crippen LogP contribution in [0.5, 0.6) is 0 Å². The van der Waals surface area contributed by atoms with Gasteiger partial charge >= 0.3 is 0 Å². The van der Waals surface area contributed by atoms with Crippen molar-refractivity contribution in [2.45, 2.75) is 19.3 Å². The van der Waals surface area contributed by atoms with Crippen LogP contribution in [0.25, 0.3) is 0 Å². The van der Waals surface area contributed by atoms with E-state index in [2.05, 4.69) is 15.9 Å². The minimum atomic E-state index is -0.0644. The number of benzene rings is 1. The summed E-state index contributed by atoms with van der Waals surface area (Å²) in [6, 6.07) is 5.16. The lowest BCUT2D eigenvalue weighted by Gasteiger charge is -2.29. The van der Waals surface area contributed by atoms with Crippen LogP contribution in [0, 0.1) is 11.8 Å². The summed E-state index contributed by atoms with van der Waals surface area (Å²) in [5.74, 6) is -0.0936. The van der Waals surface area contributed by atoms with Gasteiger partial charge in [-0.05, 0) is 53.4 Å². The number of piperidine rings is 1. The number of nitrogens with two attached hydrogens (primary N) is 1. The number of nitrogens with zero attached hydrogens (tertiary/aromatic N) is 1. The highest BCUT2D eigenvalue weighted by atomic mass is 79.9. The standard InChI is InChI=1S/C13H13BrN2O2/c14-10-6-9(3-4-11(10)15)16-12(17)7-1-2-8(5-7)13(16)18/h3-4,6-8H,1-2,5,15H2. The van der Waals surface area contributed by atoms with Crippen molar-refractivity contribution in [2.75, 3.05) is 10.6 Å². The average molecular weight is 309 g/mol. The van der Waals surface area contributed by atoms with Crippen molar-refractivity contribution >= 4 is 39.1 Å². The molecule has 18 heavy (non-hydrogen) atoms. The van der Waals surface area contributed by atoms with Crippen molar-refractivity contribution in [1.82, 2.24) is 0 Å². The van der Waals surface area contributed by atoms with Crippen LogP contribution in [0.3, 0.4) is 0 Å². The second kappa shape index (κ2) is 4.09. The van der Waals surface area contributed by atoms with E-state index < -0.39 is 0 Å². The third kappa shape index (κ3) is 1.65. The Hall–Kier alpha value is -1.36. The van der Waals surface area contributed by atoms with Crippen molar-refractivity contribution in [2.24, 2.45) is 11.8 Å². The quantitative estimate of drug-likeness (QED) is 0.639. The molecule has 2 aliphatic rings. The summed E-state index contributed by atoms with van der Waals surface area (Å²) in [6.07, 6.45) is 2.40.